The lowest BCUT2D eigenvalue weighted by molar-refractivity contribution is 0.0953. The molecule has 0 saturated carbocycles. The van der Waals surface area contributed by atoms with Crippen molar-refractivity contribution in [2.45, 2.75) is 6.42 Å². The zero-order valence-corrected chi connectivity index (χ0v) is 11.7. The van der Waals surface area contributed by atoms with E-state index >= 15 is 0 Å². The van der Waals surface area contributed by atoms with Crippen molar-refractivity contribution in [1.29, 1.82) is 0 Å². The molecule has 0 aliphatic rings. The van der Waals surface area contributed by atoms with Crippen LogP contribution in [0.25, 0.3) is 0 Å². The van der Waals surface area contributed by atoms with Gasteiger partial charge in [0.05, 0.1) is 16.8 Å². The Hall–Kier alpha value is -1.27. The van der Waals surface area contributed by atoms with E-state index in [9.17, 15) is 9.18 Å². The number of nitrogens with one attached hydrogen (secondary N) is 1. The van der Waals surface area contributed by atoms with Gasteiger partial charge >= 0.3 is 0 Å². The van der Waals surface area contributed by atoms with Crippen LogP contribution in [0.5, 0.6) is 0 Å². The smallest absolute Gasteiger partial charge is 0.252 e. The Labute approximate surface area is 116 Å². The van der Waals surface area contributed by atoms with Crippen LogP contribution < -0.4 is 5.32 Å². The summed E-state index contributed by atoms with van der Waals surface area (Å²) in [6.45, 7) is 0.478. The average molecular weight is 329 g/mol. The second-order valence-corrected chi connectivity index (χ2v) is 5.18. The molecule has 94 valence electrons. The van der Waals surface area contributed by atoms with Gasteiger partial charge in [-0.1, -0.05) is 0 Å². The summed E-state index contributed by atoms with van der Waals surface area (Å²) in [6.07, 6.45) is 0.669. The number of thiazole rings is 1. The number of amides is 1. The molecular weight excluding hydrogens is 319 g/mol. The highest BCUT2D eigenvalue weighted by Gasteiger charge is 2.10. The van der Waals surface area contributed by atoms with E-state index in [1.807, 2.05) is 5.38 Å². The highest BCUT2D eigenvalue weighted by atomic mass is 79.9. The van der Waals surface area contributed by atoms with Crippen molar-refractivity contribution < 1.29 is 9.18 Å². The van der Waals surface area contributed by atoms with Crippen LogP contribution in [-0.4, -0.2) is 17.4 Å². The van der Waals surface area contributed by atoms with Gasteiger partial charge < -0.3 is 5.32 Å². The van der Waals surface area contributed by atoms with Gasteiger partial charge in [0.1, 0.15) is 5.82 Å². The minimum absolute atomic E-state index is 0.295. The number of nitrogens with zero attached hydrogens (tertiary/aromatic N) is 1. The molecule has 1 N–H and O–H groups in total. The highest BCUT2D eigenvalue weighted by molar-refractivity contribution is 9.10. The molecule has 0 radical (unpaired) electrons. The second-order valence-electron chi connectivity index (χ2n) is 3.61. The number of rotatable bonds is 4. The van der Waals surface area contributed by atoms with Crippen LogP contribution in [0.2, 0.25) is 0 Å². The Bertz CT molecular complexity index is 545. The molecular formula is C12H10BrFN2OS. The Morgan fingerprint density at radius 2 is 2.33 bits per heavy atom. The van der Waals surface area contributed by atoms with Gasteiger partial charge in [-0.25, -0.2) is 9.37 Å². The third kappa shape index (κ3) is 3.36. The average Bonchev–Trinajstić information content (AvgIpc) is 2.85. The first kappa shape index (κ1) is 13.2. The molecule has 18 heavy (non-hydrogen) atoms. The molecule has 0 unspecified atom stereocenters. The number of halogens is 2. The van der Waals surface area contributed by atoms with E-state index in [1.165, 1.54) is 29.5 Å². The van der Waals surface area contributed by atoms with Crippen LogP contribution in [0.4, 0.5) is 4.39 Å². The van der Waals surface area contributed by atoms with Gasteiger partial charge in [0.15, 0.2) is 0 Å². The summed E-state index contributed by atoms with van der Waals surface area (Å²) in [5.74, 6) is -0.723. The van der Waals surface area contributed by atoms with Crippen molar-refractivity contribution in [1.82, 2.24) is 10.3 Å². The largest absolute Gasteiger partial charge is 0.352 e. The van der Waals surface area contributed by atoms with Crippen molar-refractivity contribution in [2.75, 3.05) is 6.54 Å². The molecule has 0 saturated heterocycles. The fraction of sp³-hybridized carbons (Fsp3) is 0.167. The number of hydrogen-bond donors (Lipinski definition) is 1. The summed E-state index contributed by atoms with van der Waals surface area (Å²) < 4.78 is 13.6. The molecule has 3 nitrogen and oxygen atoms in total. The first-order valence-corrected chi connectivity index (χ1v) is 7.00. The Morgan fingerprint density at radius 1 is 1.50 bits per heavy atom. The molecule has 1 heterocycles. The van der Waals surface area contributed by atoms with Crippen molar-refractivity contribution in [3.8, 4) is 0 Å². The quantitative estimate of drug-likeness (QED) is 0.937. The molecule has 2 aromatic rings. The lowest BCUT2D eigenvalue weighted by atomic mass is 10.2. The van der Waals surface area contributed by atoms with E-state index in [0.29, 0.717) is 23.0 Å². The maximum absolute atomic E-state index is 13.0. The number of hydrogen-bond acceptors (Lipinski definition) is 3. The van der Waals surface area contributed by atoms with Crippen LogP contribution in [0, 0.1) is 5.82 Å². The SMILES string of the molecule is O=C(NCCc1cscn1)c1cc(F)ccc1Br. The molecule has 1 aromatic heterocycles. The third-order valence-electron chi connectivity index (χ3n) is 2.32. The van der Waals surface area contributed by atoms with Gasteiger partial charge in [-0.15, -0.1) is 11.3 Å². The van der Waals surface area contributed by atoms with E-state index in [0.717, 1.165) is 5.69 Å². The van der Waals surface area contributed by atoms with Gasteiger partial charge in [-0.05, 0) is 34.1 Å². The minimum Gasteiger partial charge on any atom is -0.352 e. The van der Waals surface area contributed by atoms with Crippen molar-refractivity contribution >= 4 is 33.2 Å². The van der Waals surface area contributed by atoms with Gasteiger partial charge in [0.25, 0.3) is 5.91 Å². The first-order chi connectivity index (χ1) is 8.66. The van der Waals surface area contributed by atoms with Gasteiger partial charge in [0.2, 0.25) is 0 Å². The normalized spacial score (nSPS) is 10.3. The van der Waals surface area contributed by atoms with Crippen LogP contribution in [-0.2, 0) is 6.42 Å². The fourth-order valence-electron chi connectivity index (χ4n) is 1.43. The van der Waals surface area contributed by atoms with Gasteiger partial charge in [-0.3, -0.25) is 4.79 Å². The summed E-state index contributed by atoms with van der Waals surface area (Å²) in [7, 11) is 0. The minimum atomic E-state index is -0.428. The molecule has 6 heteroatoms. The monoisotopic (exact) mass is 328 g/mol. The summed E-state index contributed by atoms with van der Waals surface area (Å²) in [5.41, 5.74) is 2.99. The van der Waals surface area contributed by atoms with Gasteiger partial charge in [-0.2, -0.15) is 0 Å². The summed E-state index contributed by atoms with van der Waals surface area (Å²) in [6, 6.07) is 4.03. The lowest BCUT2D eigenvalue weighted by Gasteiger charge is -2.06. The molecule has 1 aromatic carbocycles. The van der Waals surface area contributed by atoms with E-state index in [4.69, 9.17) is 0 Å². The van der Waals surface area contributed by atoms with Gasteiger partial charge in [0, 0.05) is 22.8 Å². The zero-order chi connectivity index (χ0) is 13.0. The Kier molecular flexibility index (Phi) is 4.43. The number of carbonyl (C=O) groups excluding carboxylic acids is 1. The zero-order valence-electron chi connectivity index (χ0n) is 9.32. The Morgan fingerprint density at radius 3 is 3.06 bits per heavy atom. The maximum atomic E-state index is 13.0. The lowest BCUT2D eigenvalue weighted by Crippen LogP contribution is -2.26. The highest BCUT2D eigenvalue weighted by Crippen LogP contribution is 2.17. The van der Waals surface area contributed by atoms with E-state index in [2.05, 4.69) is 26.2 Å². The molecule has 0 spiro atoms. The Balaban J connectivity index is 1.93. The molecule has 2 rings (SSSR count). The fourth-order valence-corrected chi connectivity index (χ4v) is 2.45. The number of benzene rings is 1. The molecule has 0 bridgehead atoms. The van der Waals surface area contributed by atoms with Crippen molar-refractivity contribution in [2.24, 2.45) is 0 Å². The standard InChI is InChI=1S/C12H10BrFN2OS/c13-11-2-1-8(14)5-10(11)12(17)15-4-3-9-6-18-7-16-9/h1-2,5-7H,3-4H2,(H,15,17). The molecule has 0 aliphatic heterocycles. The first-order valence-electron chi connectivity index (χ1n) is 5.27. The summed E-state index contributed by atoms with van der Waals surface area (Å²) in [4.78, 5) is 15.9. The number of aromatic nitrogens is 1. The van der Waals surface area contributed by atoms with Crippen molar-refractivity contribution in [3.05, 3.63) is 50.6 Å². The molecule has 0 atom stereocenters. The maximum Gasteiger partial charge on any atom is 0.252 e. The second kappa shape index (κ2) is 6.06. The molecule has 1 amide bonds. The van der Waals surface area contributed by atoms with E-state index in [-0.39, 0.29) is 5.91 Å². The van der Waals surface area contributed by atoms with Crippen LogP contribution >= 0.6 is 27.3 Å². The third-order valence-corrected chi connectivity index (χ3v) is 3.65. The molecule has 0 aliphatic carbocycles. The predicted molar refractivity (Wildman–Crippen MR) is 72.3 cm³/mol. The van der Waals surface area contributed by atoms with E-state index in [1.54, 1.807) is 5.51 Å². The van der Waals surface area contributed by atoms with Crippen LogP contribution in [0.3, 0.4) is 0 Å². The van der Waals surface area contributed by atoms with Crippen molar-refractivity contribution in [3.63, 3.8) is 0 Å². The molecule has 0 fully saturated rings. The summed E-state index contributed by atoms with van der Waals surface area (Å²) in [5, 5.41) is 4.67. The predicted octanol–water partition coefficient (Wildman–Crippen LogP) is 3.02. The summed E-state index contributed by atoms with van der Waals surface area (Å²) >= 11 is 4.74. The van der Waals surface area contributed by atoms with Crippen LogP contribution in [0.1, 0.15) is 16.1 Å². The van der Waals surface area contributed by atoms with Crippen LogP contribution in [0.15, 0.2) is 33.6 Å². The topological polar surface area (TPSA) is 42.0 Å². The number of carbonyl (C=O) groups is 1. The van der Waals surface area contributed by atoms with E-state index < -0.39 is 5.82 Å².